The van der Waals surface area contributed by atoms with Gasteiger partial charge in [0.15, 0.2) is 0 Å². The molecule has 0 aromatic carbocycles. The third-order valence-electron chi connectivity index (χ3n) is 2.97. The smallest absolute Gasteiger partial charge is 0.364 e. The van der Waals surface area contributed by atoms with Gasteiger partial charge in [0.1, 0.15) is 12.2 Å². The van der Waals surface area contributed by atoms with Crippen molar-refractivity contribution >= 4 is 5.97 Å². The minimum absolute atomic E-state index is 0.0589. The highest BCUT2D eigenvalue weighted by Gasteiger charge is 2.50. The fourth-order valence-electron chi connectivity index (χ4n) is 1.92. The van der Waals surface area contributed by atoms with E-state index in [0.717, 1.165) is 7.11 Å². The molecule has 18 heavy (non-hydrogen) atoms. The largest absolute Gasteiger partial charge is 0.477 e. The number of methoxy groups -OCH3 is 1. The average molecular weight is 266 g/mol. The fourth-order valence-corrected chi connectivity index (χ4v) is 1.92. The molecule has 0 saturated carbocycles. The molecule has 8 heteroatoms. The molecule has 0 spiro atoms. The average Bonchev–Trinajstić information content (AvgIpc) is 2.35. The van der Waals surface area contributed by atoms with Gasteiger partial charge in [-0.25, -0.2) is 4.79 Å². The Morgan fingerprint density at radius 2 is 2.17 bits per heavy atom. The van der Waals surface area contributed by atoms with Crippen molar-refractivity contribution < 1.29 is 39.8 Å². The summed E-state index contributed by atoms with van der Waals surface area (Å²) in [6.07, 6.45) is -5.54. The van der Waals surface area contributed by atoms with Crippen molar-refractivity contribution in [3.05, 3.63) is 0 Å². The number of carbonyl (C=O) groups is 1. The summed E-state index contributed by atoms with van der Waals surface area (Å²) >= 11 is 0. The monoisotopic (exact) mass is 266 g/mol. The van der Waals surface area contributed by atoms with E-state index < -0.39 is 42.8 Å². The van der Waals surface area contributed by atoms with Crippen LogP contribution in [0.2, 0.25) is 0 Å². The van der Waals surface area contributed by atoms with Gasteiger partial charge in [0.05, 0.1) is 18.8 Å². The Hall–Kier alpha value is -0.770. The molecule has 5 atom stereocenters. The maximum absolute atomic E-state index is 11.1. The van der Waals surface area contributed by atoms with Gasteiger partial charge in [0, 0.05) is 20.0 Å². The number of rotatable bonds is 5. The Morgan fingerprint density at radius 1 is 1.56 bits per heavy atom. The van der Waals surface area contributed by atoms with Gasteiger partial charge < -0.3 is 35.0 Å². The predicted molar refractivity (Wildman–Crippen MR) is 56.6 cm³/mol. The normalized spacial score (nSPS) is 36.1. The summed E-state index contributed by atoms with van der Waals surface area (Å²) in [5, 5.41) is 46.4. The van der Waals surface area contributed by atoms with Crippen molar-refractivity contribution in [3.63, 3.8) is 0 Å². The van der Waals surface area contributed by atoms with E-state index in [-0.39, 0.29) is 12.8 Å². The first-order chi connectivity index (χ1) is 8.36. The summed E-state index contributed by atoms with van der Waals surface area (Å²) in [5.74, 6) is -3.49. The zero-order valence-electron chi connectivity index (χ0n) is 9.89. The molecule has 1 saturated heterocycles. The van der Waals surface area contributed by atoms with E-state index in [1.165, 1.54) is 0 Å². The molecule has 0 aliphatic carbocycles. The first kappa shape index (κ1) is 15.3. The van der Waals surface area contributed by atoms with Crippen LogP contribution in [0.5, 0.6) is 0 Å². The summed E-state index contributed by atoms with van der Waals surface area (Å²) < 4.78 is 9.90. The fraction of sp³-hybridized carbons (Fsp3) is 0.900. The summed E-state index contributed by atoms with van der Waals surface area (Å²) in [4.78, 5) is 11.1. The van der Waals surface area contributed by atoms with E-state index >= 15 is 0 Å². The molecule has 0 bridgehead atoms. The van der Waals surface area contributed by atoms with Gasteiger partial charge in [-0.05, 0) is 0 Å². The van der Waals surface area contributed by atoms with E-state index in [1.54, 1.807) is 0 Å². The van der Waals surface area contributed by atoms with Crippen LogP contribution in [0.25, 0.3) is 0 Å². The molecule has 5 unspecified atom stereocenters. The summed E-state index contributed by atoms with van der Waals surface area (Å²) in [7, 11) is 1.11. The molecule has 5 N–H and O–H groups in total. The van der Waals surface area contributed by atoms with E-state index in [9.17, 15) is 20.1 Å². The molecule has 0 aromatic heterocycles. The van der Waals surface area contributed by atoms with Gasteiger partial charge in [-0.2, -0.15) is 0 Å². The molecule has 1 fully saturated rings. The zero-order valence-corrected chi connectivity index (χ0v) is 9.89. The molecular weight excluding hydrogens is 248 g/mol. The predicted octanol–water partition coefficient (Wildman–Crippen LogP) is -2.33. The topological polar surface area (TPSA) is 137 Å². The van der Waals surface area contributed by atoms with Gasteiger partial charge in [-0.1, -0.05) is 0 Å². The maximum Gasteiger partial charge on any atom is 0.364 e. The zero-order chi connectivity index (χ0) is 13.9. The van der Waals surface area contributed by atoms with Crippen LogP contribution in [-0.2, 0) is 14.3 Å². The van der Waals surface area contributed by atoms with E-state index in [4.69, 9.17) is 19.7 Å². The lowest BCUT2D eigenvalue weighted by atomic mass is 9.93. The summed E-state index contributed by atoms with van der Waals surface area (Å²) in [6.45, 7) is -0.704. The molecule has 1 rings (SSSR count). The highest BCUT2D eigenvalue weighted by atomic mass is 16.7. The van der Waals surface area contributed by atoms with E-state index in [2.05, 4.69) is 0 Å². The van der Waals surface area contributed by atoms with Crippen LogP contribution in [0, 0.1) is 0 Å². The number of carboxylic acid groups (broad SMARTS) is 1. The molecule has 1 aliphatic rings. The quantitative estimate of drug-likeness (QED) is 0.373. The Bertz CT molecular complexity index is 296. The van der Waals surface area contributed by atoms with Crippen LogP contribution < -0.4 is 0 Å². The van der Waals surface area contributed by atoms with Gasteiger partial charge in [0.2, 0.25) is 0 Å². The van der Waals surface area contributed by atoms with Crippen molar-refractivity contribution in [2.24, 2.45) is 0 Å². The molecule has 0 radical (unpaired) electrons. The third kappa shape index (κ3) is 2.97. The van der Waals surface area contributed by atoms with E-state index in [0.29, 0.717) is 0 Å². The van der Waals surface area contributed by atoms with Crippen LogP contribution in [0.1, 0.15) is 12.8 Å². The van der Waals surface area contributed by atoms with Crippen molar-refractivity contribution in [2.45, 2.75) is 43.0 Å². The highest BCUT2D eigenvalue weighted by Crippen LogP contribution is 2.32. The van der Waals surface area contributed by atoms with Crippen molar-refractivity contribution in [1.82, 2.24) is 0 Å². The van der Waals surface area contributed by atoms with E-state index in [1.807, 2.05) is 0 Å². The lowest BCUT2D eigenvalue weighted by Crippen LogP contribution is -2.57. The number of aliphatic hydroxyl groups is 4. The van der Waals surface area contributed by atoms with Crippen LogP contribution in [0.4, 0.5) is 0 Å². The van der Waals surface area contributed by atoms with Crippen LogP contribution in [0.15, 0.2) is 0 Å². The Labute approximate surface area is 103 Å². The van der Waals surface area contributed by atoms with Crippen LogP contribution >= 0.6 is 0 Å². The molecule has 8 nitrogen and oxygen atoms in total. The Morgan fingerprint density at radius 3 is 2.61 bits per heavy atom. The van der Waals surface area contributed by atoms with Crippen molar-refractivity contribution in [2.75, 3.05) is 13.7 Å². The number of aliphatic carboxylic acids is 1. The lowest BCUT2D eigenvalue weighted by Gasteiger charge is -2.41. The van der Waals surface area contributed by atoms with Crippen molar-refractivity contribution in [3.8, 4) is 0 Å². The minimum atomic E-state index is -2.06. The first-order valence-electron chi connectivity index (χ1n) is 5.47. The standard InChI is InChI=1S/C10H18O8/c1-17-10(9(15)16)3-5(12)2-7(18-10)8(14)6(13)4-11/h5-8,11-14H,2-4H2,1H3,(H,15,16). The number of aliphatic hydroxyl groups excluding tert-OH is 4. The van der Waals surface area contributed by atoms with Gasteiger partial charge in [0.25, 0.3) is 5.79 Å². The van der Waals surface area contributed by atoms with Crippen molar-refractivity contribution in [1.29, 1.82) is 0 Å². The Kier molecular flexibility index (Phi) is 5.02. The maximum atomic E-state index is 11.1. The molecule has 1 heterocycles. The second-order valence-electron chi connectivity index (χ2n) is 4.25. The molecule has 1 aliphatic heterocycles. The molecule has 0 aromatic rings. The highest BCUT2D eigenvalue weighted by molar-refractivity contribution is 5.75. The first-order valence-corrected chi connectivity index (χ1v) is 5.47. The number of hydrogen-bond donors (Lipinski definition) is 5. The minimum Gasteiger partial charge on any atom is -0.477 e. The van der Waals surface area contributed by atoms with Gasteiger partial charge >= 0.3 is 5.97 Å². The molecular formula is C10H18O8. The molecule has 106 valence electrons. The second kappa shape index (κ2) is 5.91. The third-order valence-corrected chi connectivity index (χ3v) is 2.97. The molecule has 0 amide bonds. The second-order valence-corrected chi connectivity index (χ2v) is 4.25. The summed E-state index contributed by atoms with van der Waals surface area (Å²) in [5.41, 5.74) is 0. The van der Waals surface area contributed by atoms with Gasteiger partial charge in [-0.15, -0.1) is 0 Å². The Balaban J connectivity index is 2.86. The lowest BCUT2D eigenvalue weighted by molar-refractivity contribution is -0.297. The number of carboxylic acids is 1. The SMILES string of the molecule is COC1(C(=O)O)CC(O)CC(C(O)C(O)CO)O1. The number of hydrogen-bond acceptors (Lipinski definition) is 7. The van der Waals surface area contributed by atoms with Crippen LogP contribution in [0.3, 0.4) is 0 Å². The number of ether oxygens (including phenoxy) is 2. The van der Waals surface area contributed by atoms with Gasteiger partial charge in [-0.3, -0.25) is 0 Å². The summed E-state index contributed by atoms with van der Waals surface area (Å²) in [6, 6.07) is 0. The van der Waals surface area contributed by atoms with Crippen LogP contribution in [-0.4, -0.2) is 75.4 Å².